The van der Waals surface area contributed by atoms with Crippen LogP contribution in [0.1, 0.15) is 0 Å². The summed E-state index contributed by atoms with van der Waals surface area (Å²) in [7, 11) is 0. The molecule has 0 aliphatic rings. The van der Waals surface area contributed by atoms with Gasteiger partial charge in [-0.3, -0.25) is 17.6 Å². The molecule has 8 nitrogen and oxygen atoms in total. The lowest BCUT2D eigenvalue weighted by Crippen LogP contribution is -1.94. The first-order valence-corrected chi connectivity index (χ1v) is 43.8. The van der Waals surface area contributed by atoms with Crippen molar-refractivity contribution in [2.45, 2.75) is 0 Å². The van der Waals surface area contributed by atoms with E-state index < -0.39 is 0 Å². The highest BCUT2D eigenvalue weighted by Crippen LogP contribution is 2.47. The molecule has 0 N–H and O–H groups in total. The second-order valence-electron chi connectivity index (χ2n) is 33.8. The molecule has 8 aromatic heterocycles. The summed E-state index contributed by atoms with van der Waals surface area (Å²) < 4.78 is 9.36. The van der Waals surface area contributed by atoms with E-state index in [-0.39, 0.29) is 0 Å². The van der Waals surface area contributed by atoms with Crippen LogP contribution in [0, 0.1) is 0 Å². The molecule has 21 aromatic carbocycles. The van der Waals surface area contributed by atoms with E-state index in [0.717, 1.165) is 83.1 Å². The molecule has 29 aromatic rings. The van der Waals surface area contributed by atoms with Crippen LogP contribution in [0.25, 0.3) is 263 Å². The van der Waals surface area contributed by atoms with Gasteiger partial charge in [0.25, 0.3) is 0 Å². The topological polar surface area (TPSA) is 69.2 Å². The molecule has 8 heteroatoms. The average molecular weight is 1630 g/mol. The van der Waals surface area contributed by atoms with Gasteiger partial charge in [-0.1, -0.05) is 340 Å². The molecule has 0 unspecified atom stereocenters. The first kappa shape index (κ1) is 71.4. The number of pyridine rings is 4. The van der Waals surface area contributed by atoms with E-state index in [1.165, 1.54) is 180 Å². The number of rotatable bonds is 5. The molecule has 592 valence electrons. The maximum Gasteiger partial charge on any atom is 0.147 e. The number of fused-ring (bicyclic) bond motifs is 41. The van der Waals surface area contributed by atoms with Gasteiger partial charge in [0.1, 0.15) is 22.6 Å². The summed E-state index contributed by atoms with van der Waals surface area (Å²) in [6.45, 7) is 0. The number of aromatic nitrogens is 8. The highest BCUT2D eigenvalue weighted by atomic mass is 15.0. The molecule has 0 aliphatic heterocycles. The minimum absolute atomic E-state index is 0.988. The Hall–Kier alpha value is -17.2. The molecule has 8 heterocycles. The summed E-state index contributed by atoms with van der Waals surface area (Å²) in [6.07, 6.45) is 0. The molecule has 0 saturated carbocycles. The molecular formula is C120H72N8. The number of imidazole rings is 4. The minimum atomic E-state index is 0.988. The van der Waals surface area contributed by atoms with Crippen LogP contribution in [-0.4, -0.2) is 37.5 Å². The van der Waals surface area contributed by atoms with Crippen molar-refractivity contribution in [1.82, 2.24) is 37.5 Å². The Morgan fingerprint density at radius 3 is 1.04 bits per heavy atom. The van der Waals surface area contributed by atoms with Crippen LogP contribution in [0.5, 0.6) is 0 Å². The van der Waals surface area contributed by atoms with E-state index in [4.69, 9.17) is 19.9 Å². The lowest BCUT2D eigenvalue weighted by atomic mass is 9.91. The van der Waals surface area contributed by atoms with E-state index in [9.17, 15) is 0 Å². The molecule has 0 radical (unpaired) electrons. The van der Waals surface area contributed by atoms with Gasteiger partial charge in [-0.05, 0) is 223 Å². The third kappa shape index (κ3) is 10.9. The fraction of sp³-hybridized carbons (Fsp3) is 0. The van der Waals surface area contributed by atoms with E-state index >= 15 is 0 Å². The zero-order valence-corrected chi connectivity index (χ0v) is 69.1. The van der Waals surface area contributed by atoms with Gasteiger partial charge < -0.3 is 0 Å². The largest absolute Gasteiger partial charge is 0.292 e. The van der Waals surface area contributed by atoms with Crippen molar-refractivity contribution in [3.8, 4) is 55.6 Å². The van der Waals surface area contributed by atoms with Gasteiger partial charge in [-0.25, -0.2) is 19.9 Å². The maximum absolute atomic E-state index is 5.45. The predicted molar refractivity (Wildman–Crippen MR) is 539 cm³/mol. The van der Waals surface area contributed by atoms with Crippen LogP contribution in [0.15, 0.2) is 437 Å². The van der Waals surface area contributed by atoms with E-state index in [1.807, 2.05) is 0 Å². The molecule has 29 rings (SSSR count). The van der Waals surface area contributed by atoms with Gasteiger partial charge >= 0.3 is 0 Å². The molecule has 128 heavy (non-hydrogen) atoms. The van der Waals surface area contributed by atoms with Crippen molar-refractivity contribution in [2.24, 2.45) is 0 Å². The molecule has 0 bridgehead atoms. The monoisotopic (exact) mass is 1620 g/mol. The van der Waals surface area contributed by atoms with E-state index in [1.54, 1.807) is 0 Å². The molecule has 0 aliphatic carbocycles. The molecule has 0 atom stereocenters. The summed E-state index contributed by atoms with van der Waals surface area (Å²) in [4.78, 5) is 20.9. The quantitative estimate of drug-likeness (QED) is 0.161. The summed E-state index contributed by atoms with van der Waals surface area (Å²) in [6, 6.07) is 157. The number of nitrogens with zero attached hydrogens (tertiary/aromatic N) is 8. The smallest absolute Gasteiger partial charge is 0.147 e. The normalized spacial score (nSPS) is 12.1. The number of hydrogen-bond acceptors (Lipinski definition) is 4. The molecule has 0 saturated heterocycles. The van der Waals surface area contributed by atoms with Gasteiger partial charge in [-0.2, -0.15) is 0 Å². The standard InChI is InChI=1S/C46H26N4.C39H24N2.C35H22N2/c1-3-11-31-27(9-1)17-22-35-34-21-18-30(26-42(34)50-41-24-20-28-10-2-4-12-32(28)44(41)48-46(50)43(31)35)29-19-23-36-37(25-29)33-13-5-7-15-39(33)49-40-16-8-6-14-38(40)47-45(36)49;1-2-10-28-23-29(22-19-25(28)9-1)26-17-20-27(21-18-26)33-24-34-31-12-5-7-15-36(31)41-37-16-8-6-14-35(37)40-39(41)38(34)32-13-4-3-11-30(32)33;1-2-10-23(11-3-1)24-18-20-25(21-19-24)29-22-30-27-13-6-8-16-32(27)37-33-17-9-7-15-31(33)36-35(37)34(30)28-14-5-4-12-26(28)29/h1-26H;1-24H;1-22H. The predicted octanol–water partition coefficient (Wildman–Crippen LogP) is 31.6. The van der Waals surface area contributed by atoms with Gasteiger partial charge in [-0.15, -0.1) is 0 Å². The summed E-state index contributed by atoms with van der Waals surface area (Å²) in [5, 5.41) is 26.8. The third-order valence-corrected chi connectivity index (χ3v) is 26.9. The van der Waals surface area contributed by atoms with Gasteiger partial charge in [0, 0.05) is 48.5 Å². The van der Waals surface area contributed by atoms with Crippen LogP contribution in [0.4, 0.5) is 0 Å². The van der Waals surface area contributed by atoms with Crippen LogP contribution < -0.4 is 0 Å². The lowest BCUT2D eigenvalue weighted by Gasteiger charge is -2.15. The highest BCUT2D eigenvalue weighted by molar-refractivity contribution is 6.29. The number of para-hydroxylation sites is 9. The van der Waals surface area contributed by atoms with Gasteiger partial charge in [0.15, 0.2) is 0 Å². The molecule has 0 fully saturated rings. The third-order valence-electron chi connectivity index (χ3n) is 26.9. The number of benzene rings is 21. The van der Waals surface area contributed by atoms with Crippen molar-refractivity contribution in [3.05, 3.63) is 437 Å². The maximum atomic E-state index is 5.45. The average Bonchev–Trinajstić information content (AvgIpc) is 1.42. The Balaban J connectivity index is 0.000000101. The Bertz CT molecular complexity index is 9780. The lowest BCUT2D eigenvalue weighted by molar-refractivity contribution is 1.31. The van der Waals surface area contributed by atoms with Crippen molar-refractivity contribution in [3.63, 3.8) is 0 Å². The Labute approximate surface area is 732 Å². The molecule has 0 amide bonds. The second kappa shape index (κ2) is 28.2. The Morgan fingerprint density at radius 2 is 0.469 bits per heavy atom. The van der Waals surface area contributed by atoms with Crippen LogP contribution in [0.2, 0.25) is 0 Å². The summed E-state index contributed by atoms with van der Waals surface area (Å²) in [5.41, 5.74) is 29.4. The van der Waals surface area contributed by atoms with Gasteiger partial charge in [0.2, 0.25) is 0 Å². The second-order valence-corrected chi connectivity index (χ2v) is 33.8. The number of hydrogen-bond donors (Lipinski definition) is 0. The highest BCUT2D eigenvalue weighted by Gasteiger charge is 2.24. The summed E-state index contributed by atoms with van der Waals surface area (Å²) >= 11 is 0. The first-order chi connectivity index (χ1) is 63.5. The summed E-state index contributed by atoms with van der Waals surface area (Å²) in [5.74, 6) is 0. The SMILES string of the molecule is c1ccc(-c2ccc(-c3cc4c5ccccc5n5c6ccccc6nc5c4c4ccccc34)cc2)cc1.c1ccc2c(c1)ccc1c2nc2c3c4ccccc4ccc3c3ccc(-c4ccc5c(c4)c4ccccc4n4c6ccccc6nc54)cc3n12.c1ccc2cc(-c3ccc(-c4cc5c6ccccc6n6c7ccccc7nc6c5c5ccccc45)cc3)ccc2c1. The fourth-order valence-electron chi connectivity index (χ4n) is 21.1. The van der Waals surface area contributed by atoms with Crippen molar-refractivity contribution in [2.75, 3.05) is 0 Å². The van der Waals surface area contributed by atoms with Crippen LogP contribution in [0.3, 0.4) is 0 Å². The Kier molecular flexibility index (Phi) is 15.7. The zero-order chi connectivity index (χ0) is 83.8. The molecule has 0 spiro atoms. The minimum Gasteiger partial charge on any atom is -0.292 e. The van der Waals surface area contributed by atoms with Gasteiger partial charge in [0.05, 0.1) is 66.2 Å². The van der Waals surface area contributed by atoms with Crippen LogP contribution >= 0.6 is 0 Å². The van der Waals surface area contributed by atoms with Crippen LogP contribution in [-0.2, 0) is 0 Å². The Morgan fingerprint density at radius 1 is 0.141 bits per heavy atom. The van der Waals surface area contributed by atoms with E-state index in [0.29, 0.717) is 0 Å². The fourth-order valence-corrected chi connectivity index (χ4v) is 21.1. The van der Waals surface area contributed by atoms with Crippen molar-refractivity contribution in [1.29, 1.82) is 0 Å². The van der Waals surface area contributed by atoms with Crippen molar-refractivity contribution < 1.29 is 0 Å². The first-order valence-electron chi connectivity index (χ1n) is 43.8. The van der Waals surface area contributed by atoms with Crippen molar-refractivity contribution >= 4 is 207 Å². The zero-order valence-electron chi connectivity index (χ0n) is 69.1. The van der Waals surface area contributed by atoms with E-state index in [2.05, 4.69) is 454 Å². The molecular weight excluding hydrogens is 1550 g/mol.